The van der Waals surface area contributed by atoms with E-state index >= 15 is 0 Å². The van der Waals surface area contributed by atoms with Crippen molar-refractivity contribution in [3.05, 3.63) is 57.9 Å². The summed E-state index contributed by atoms with van der Waals surface area (Å²) in [5.41, 5.74) is 3.26. The largest absolute Gasteiger partial charge is 0.351 e. The summed E-state index contributed by atoms with van der Waals surface area (Å²) in [5.74, 6) is 0.137. The molecule has 1 fully saturated rings. The van der Waals surface area contributed by atoms with Gasteiger partial charge in [-0.05, 0) is 48.4 Å². The fraction of sp³-hybridized carbons (Fsp3) is 0.381. The number of H-pyrrole nitrogens is 1. The van der Waals surface area contributed by atoms with E-state index in [4.69, 9.17) is 0 Å². The number of carbonyl (C=O) groups is 1. The third-order valence-corrected chi connectivity index (χ3v) is 6.89. The number of hydrogen-bond donors (Lipinski definition) is 1. The molecule has 1 saturated heterocycles. The second kappa shape index (κ2) is 6.56. The molecule has 0 saturated carbocycles. The van der Waals surface area contributed by atoms with Gasteiger partial charge in [-0.1, -0.05) is 18.2 Å². The number of aromatic nitrogens is 1. The summed E-state index contributed by atoms with van der Waals surface area (Å²) < 4.78 is 0. The molecule has 134 valence electrons. The molecule has 26 heavy (non-hydrogen) atoms. The summed E-state index contributed by atoms with van der Waals surface area (Å²) in [5, 5.41) is 3.32. The maximum Gasteiger partial charge on any atom is 0.270 e. The van der Waals surface area contributed by atoms with Crippen molar-refractivity contribution in [2.75, 3.05) is 19.6 Å². The highest BCUT2D eigenvalue weighted by Crippen LogP contribution is 2.28. The first kappa shape index (κ1) is 16.1. The van der Waals surface area contributed by atoms with Gasteiger partial charge in [0, 0.05) is 48.0 Å². The van der Waals surface area contributed by atoms with Crippen molar-refractivity contribution in [2.24, 2.45) is 0 Å². The Morgan fingerprint density at radius 1 is 1.12 bits per heavy atom. The number of piperidine rings is 1. The van der Waals surface area contributed by atoms with E-state index < -0.39 is 0 Å². The van der Waals surface area contributed by atoms with Crippen LogP contribution in [0.15, 0.2) is 41.8 Å². The third kappa shape index (κ3) is 2.85. The van der Waals surface area contributed by atoms with Gasteiger partial charge >= 0.3 is 0 Å². The molecule has 0 radical (unpaired) electrons. The van der Waals surface area contributed by atoms with E-state index in [1.807, 2.05) is 46.6 Å². The Balaban J connectivity index is 1.23. The molecule has 0 unspecified atom stereocenters. The second-order valence-electron chi connectivity index (χ2n) is 7.38. The molecule has 1 amide bonds. The third-order valence-electron chi connectivity index (χ3n) is 5.87. The molecule has 4 nitrogen and oxygen atoms in total. The number of aromatic amines is 1. The molecule has 1 N–H and O–H groups in total. The lowest BCUT2D eigenvalue weighted by atomic mass is 9.99. The van der Waals surface area contributed by atoms with Crippen LogP contribution < -0.4 is 0 Å². The van der Waals surface area contributed by atoms with Gasteiger partial charge in [0.2, 0.25) is 0 Å². The predicted molar refractivity (Wildman–Crippen MR) is 106 cm³/mol. The van der Waals surface area contributed by atoms with E-state index in [1.165, 1.54) is 12.0 Å². The smallest absolute Gasteiger partial charge is 0.270 e. The molecule has 4 heterocycles. The van der Waals surface area contributed by atoms with Crippen molar-refractivity contribution in [3.8, 4) is 0 Å². The summed E-state index contributed by atoms with van der Waals surface area (Å²) >= 11 is 1.89. The molecular weight excluding hydrogens is 342 g/mol. The van der Waals surface area contributed by atoms with Crippen LogP contribution in [0.5, 0.6) is 0 Å². The lowest BCUT2D eigenvalue weighted by Crippen LogP contribution is -2.48. The molecule has 0 bridgehead atoms. The Morgan fingerprint density at radius 2 is 1.96 bits per heavy atom. The maximum atomic E-state index is 12.9. The van der Waals surface area contributed by atoms with E-state index in [2.05, 4.69) is 21.3 Å². The molecule has 2 aliphatic heterocycles. The topological polar surface area (TPSA) is 39.3 Å². The zero-order chi connectivity index (χ0) is 17.5. The maximum absolute atomic E-state index is 12.9. The van der Waals surface area contributed by atoms with Gasteiger partial charge in [-0.2, -0.15) is 0 Å². The molecule has 3 aromatic rings. The van der Waals surface area contributed by atoms with Gasteiger partial charge in [0.25, 0.3) is 5.91 Å². The van der Waals surface area contributed by atoms with Crippen molar-refractivity contribution in [1.82, 2.24) is 14.8 Å². The highest BCUT2D eigenvalue weighted by molar-refractivity contribution is 7.10. The molecule has 5 rings (SSSR count). The average Bonchev–Trinajstić information content (AvgIpc) is 3.33. The van der Waals surface area contributed by atoms with Crippen LogP contribution in [-0.4, -0.2) is 46.4 Å². The summed E-state index contributed by atoms with van der Waals surface area (Å²) in [6, 6.07) is 12.9. The number of carbonyl (C=O) groups excluding carboxylic acids is 1. The predicted octanol–water partition coefficient (Wildman–Crippen LogP) is 3.89. The van der Waals surface area contributed by atoms with Gasteiger partial charge in [0.1, 0.15) is 5.69 Å². The lowest BCUT2D eigenvalue weighted by Gasteiger charge is -2.40. The molecule has 2 aromatic heterocycles. The molecule has 1 aromatic carbocycles. The first-order chi connectivity index (χ1) is 12.8. The number of thiophene rings is 1. The molecular formula is C21H23N3OS. The zero-order valence-electron chi connectivity index (χ0n) is 14.8. The van der Waals surface area contributed by atoms with Gasteiger partial charge in [0.15, 0.2) is 0 Å². The average molecular weight is 366 g/mol. The molecule has 0 spiro atoms. The fourth-order valence-electron chi connectivity index (χ4n) is 4.37. The van der Waals surface area contributed by atoms with Crippen LogP contribution in [0.4, 0.5) is 0 Å². The number of nitrogens with zero attached hydrogens (tertiary/aromatic N) is 2. The molecule has 5 heteroatoms. The van der Waals surface area contributed by atoms with E-state index in [0.29, 0.717) is 11.7 Å². The van der Waals surface area contributed by atoms with Crippen molar-refractivity contribution in [3.63, 3.8) is 0 Å². The first-order valence-electron chi connectivity index (χ1n) is 9.44. The number of hydrogen-bond acceptors (Lipinski definition) is 3. The van der Waals surface area contributed by atoms with Crippen LogP contribution >= 0.6 is 11.3 Å². The van der Waals surface area contributed by atoms with Gasteiger partial charge in [-0.25, -0.2) is 0 Å². The Bertz CT molecular complexity index is 903. The first-order valence-corrected chi connectivity index (χ1v) is 10.3. The Labute approximate surface area is 157 Å². The Morgan fingerprint density at radius 3 is 2.81 bits per heavy atom. The van der Waals surface area contributed by atoms with E-state index in [1.54, 1.807) is 4.88 Å². The molecule has 2 aliphatic rings. The number of amides is 1. The van der Waals surface area contributed by atoms with E-state index in [9.17, 15) is 4.79 Å². The highest BCUT2D eigenvalue weighted by atomic mass is 32.1. The van der Waals surface area contributed by atoms with Crippen molar-refractivity contribution in [1.29, 1.82) is 0 Å². The van der Waals surface area contributed by atoms with E-state index in [-0.39, 0.29) is 5.91 Å². The number of nitrogens with one attached hydrogen (secondary N) is 1. The number of likely N-dealkylation sites (tertiary alicyclic amines) is 1. The zero-order valence-corrected chi connectivity index (χ0v) is 15.6. The van der Waals surface area contributed by atoms with Gasteiger partial charge < -0.3 is 9.88 Å². The normalized spacial score (nSPS) is 19.0. The van der Waals surface area contributed by atoms with Crippen molar-refractivity contribution in [2.45, 2.75) is 31.8 Å². The van der Waals surface area contributed by atoms with Crippen molar-refractivity contribution < 1.29 is 4.79 Å². The standard InChI is InChI=1S/C21H23N3OS/c25-21(19-13-15-3-1-2-4-18(15)22-19)23-9-5-17(6-10-23)24-11-7-20-16(14-24)8-12-26-20/h1-4,8,12-13,17,22H,5-7,9-11,14H2. The summed E-state index contributed by atoms with van der Waals surface area (Å²) in [6.07, 6.45) is 3.33. The van der Waals surface area contributed by atoms with Gasteiger partial charge in [0.05, 0.1) is 0 Å². The highest BCUT2D eigenvalue weighted by Gasteiger charge is 2.30. The van der Waals surface area contributed by atoms with E-state index in [0.717, 1.165) is 49.9 Å². The number of benzene rings is 1. The van der Waals surface area contributed by atoms with Crippen LogP contribution in [0.3, 0.4) is 0 Å². The minimum atomic E-state index is 0.137. The van der Waals surface area contributed by atoms with Gasteiger partial charge in [-0.15, -0.1) is 11.3 Å². The summed E-state index contributed by atoms with van der Waals surface area (Å²) in [7, 11) is 0. The van der Waals surface area contributed by atoms with Crippen molar-refractivity contribution >= 4 is 28.1 Å². The van der Waals surface area contributed by atoms with Crippen LogP contribution in [-0.2, 0) is 13.0 Å². The summed E-state index contributed by atoms with van der Waals surface area (Å²) in [4.78, 5) is 22.3. The van der Waals surface area contributed by atoms with Crippen LogP contribution in [0.1, 0.15) is 33.8 Å². The number of rotatable bonds is 2. The fourth-order valence-corrected chi connectivity index (χ4v) is 5.26. The van der Waals surface area contributed by atoms with Crippen LogP contribution in [0.2, 0.25) is 0 Å². The monoisotopic (exact) mass is 365 g/mol. The lowest BCUT2D eigenvalue weighted by molar-refractivity contribution is 0.0596. The second-order valence-corrected chi connectivity index (χ2v) is 8.38. The van der Waals surface area contributed by atoms with Crippen LogP contribution in [0, 0.1) is 0 Å². The molecule has 0 atom stereocenters. The number of para-hydroxylation sites is 1. The minimum Gasteiger partial charge on any atom is -0.351 e. The Hall–Kier alpha value is -2.11. The molecule has 0 aliphatic carbocycles. The minimum absolute atomic E-state index is 0.137. The van der Waals surface area contributed by atoms with Gasteiger partial charge in [-0.3, -0.25) is 9.69 Å². The SMILES string of the molecule is O=C(c1cc2ccccc2[nH]1)N1CCC(N2CCc3sccc3C2)CC1. The Kier molecular flexibility index (Phi) is 4.06. The summed E-state index contributed by atoms with van der Waals surface area (Å²) in [6.45, 7) is 3.95. The van der Waals surface area contributed by atoms with Crippen LogP contribution in [0.25, 0.3) is 10.9 Å². The quantitative estimate of drug-likeness (QED) is 0.748. The number of fused-ring (bicyclic) bond motifs is 2.